The maximum absolute atomic E-state index is 12.8. The molecule has 2 aromatic carbocycles. The molecule has 2 atom stereocenters. The molecule has 7 heteroatoms. The molecule has 0 saturated carbocycles. The average molecular weight is 390 g/mol. The zero-order valence-electron chi connectivity index (χ0n) is 15.5. The average Bonchev–Trinajstić information content (AvgIpc) is 2.97. The van der Waals surface area contributed by atoms with Crippen molar-refractivity contribution in [2.24, 2.45) is 0 Å². The zero-order valence-corrected chi connectivity index (χ0v) is 15.5. The molecule has 0 bridgehead atoms. The van der Waals surface area contributed by atoms with E-state index in [1.165, 1.54) is 0 Å². The Morgan fingerprint density at radius 2 is 1.55 bits per heavy atom. The number of imide groups is 2. The lowest BCUT2D eigenvalue weighted by Gasteiger charge is -2.47. The number of nitrogens with zero attached hydrogens (tertiary/aromatic N) is 2. The van der Waals surface area contributed by atoms with Gasteiger partial charge in [0.25, 0.3) is 17.7 Å². The number of carbonyl (C=O) groups excluding carboxylic acids is 4. The number of hydrogen-bond donors (Lipinski definition) is 0. The van der Waals surface area contributed by atoms with Crippen LogP contribution in [0.4, 0.5) is 4.79 Å². The van der Waals surface area contributed by atoms with Gasteiger partial charge in [-0.1, -0.05) is 36.4 Å². The van der Waals surface area contributed by atoms with Crippen molar-refractivity contribution in [2.45, 2.75) is 24.9 Å². The third-order valence-corrected chi connectivity index (χ3v) is 5.10. The maximum Gasteiger partial charge on any atom is 0.422 e. The Morgan fingerprint density at radius 1 is 0.966 bits per heavy atom. The largest absolute Gasteiger partial charge is 0.422 e. The van der Waals surface area contributed by atoms with Gasteiger partial charge in [0.15, 0.2) is 0 Å². The van der Waals surface area contributed by atoms with E-state index in [0.717, 1.165) is 9.80 Å². The summed E-state index contributed by atoms with van der Waals surface area (Å²) in [7, 11) is 0. The number of likely N-dealkylation sites (tertiary alicyclic amines) is 1. The van der Waals surface area contributed by atoms with Crippen LogP contribution in [0.25, 0.3) is 0 Å². The summed E-state index contributed by atoms with van der Waals surface area (Å²) in [6, 6.07) is 13.1. The maximum atomic E-state index is 12.8. The molecule has 0 radical (unpaired) electrons. The van der Waals surface area contributed by atoms with E-state index in [9.17, 15) is 19.2 Å². The van der Waals surface area contributed by atoms with Gasteiger partial charge in [0.05, 0.1) is 17.2 Å². The minimum absolute atomic E-state index is 0.262. The quantitative estimate of drug-likeness (QED) is 0.445. The highest BCUT2D eigenvalue weighted by Crippen LogP contribution is 2.35. The fourth-order valence-electron chi connectivity index (χ4n) is 3.71. The molecule has 0 spiro atoms. The first kappa shape index (κ1) is 18.6. The number of amides is 4. The van der Waals surface area contributed by atoms with Crippen LogP contribution < -0.4 is 4.74 Å². The highest BCUT2D eigenvalue weighted by Gasteiger charge is 2.58. The Bertz CT molecular complexity index is 982. The zero-order chi connectivity index (χ0) is 20.5. The second-order valence-corrected chi connectivity index (χ2v) is 6.79. The molecule has 2 aliphatic rings. The van der Waals surface area contributed by atoms with E-state index in [1.54, 1.807) is 60.7 Å². The van der Waals surface area contributed by atoms with Crippen LogP contribution >= 0.6 is 0 Å². The molecule has 1 saturated heterocycles. The van der Waals surface area contributed by atoms with Crippen LogP contribution in [0, 0.1) is 0 Å². The number of β-lactam (4-membered cyclic amide) rings is 1. The fourth-order valence-corrected chi connectivity index (χ4v) is 3.71. The molecule has 0 aromatic heterocycles. The normalized spacial score (nSPS) is 20.3. The Hall–Kier alpha value is -3.74. The smallest absolute Gasteiger partial charge is 0.410 e. The Balaban J connectivity index is 1.59. The topological polar surface area (TPSA) is 84.0 Å². The summed E-state index contributed by atoms with van der Waals surface area (Å²) in [5.74, 6) is -1.38. The predicted molar refractivity (Wildman–Crippen MR) is 103 cm³/mol. The van der Waals surface area contributed by atoms with E-state index in [1.807, 2.05) is 0 Å². The van der Waals surface area contributed by atoms with E-state index in [-0.39, 0.29) is 11.1 Å². The van der Waals surface area contributed by atoms with Crippen molar-refractivity contribution in [3.8, 4) is 5.75 Å². The molecule has 2 aliphatic heterocycles. The third-order valence-electron chi connectivity index (χ3n) is 5.10. The number of para-hydroxylation sites is 1. The van der Waals surface area contributed by atoms with Crippen LogP contribution in [0.2, 0.25) is 0 Å². The molecule has 1 fully saturated rings. The van der Waals surface area contributed by atoms with E-state index >= 15 is 0 Å². The van der Waals surface area contributed by atoms with E-state index in [0.29, 0.717) is 18.6 Å². The molecular weight excluding hydrogens is 372 g/mol. The van der Waals surface area contributed by atoms with Crippen molar-refractivity contribution in [2.75, 3.05) is 0 Å². The summed E-state index contributed by atoms with van der Waals surface area (Å²) in [6.45, 7) is 3.67. The minimum Gasteiger partial charge on any atom is -0.410 e. The van der Waals surface area contributed by atoms with Crippen molar-refractivity contribution in [3.63, 3.8) is 0 Å². The standard InChI is InChI=1S/C22H18N2O5/c1-2-3-13-17-18(24-19(25)15-11-7-8-12-16(15)20(24)26)21(27)23(17)22(28)29-14-9-5-4-6-10-14/h2,4-12,17-18H,1,3,13H2/t17-,18?/m1/s1. The number of rotatable bonds is 5. The number of hydrogen-bond acceptors (Lipinski definition) is 5. The van der Waals surface area contributed by atoms with Gasteiger partial charge in [-0.3, -0.25) is 19.3 Å². The lowest BCUT2D eigenvalue weighted by atomic mass is 9.90. The van der Waals surface area contributed by atoms with Crippen LogP contribution in [0.5, 0.6) is 5.75 Å². The van der Waals surface area contributed by atoms with Gasteiger partial charge in [0.1, 0.15) is 11.8 Å². The van der Waals surface area contributed by atoms with Crippen molar-refractivity contribution in [1.29, 1.82) is 0 Å². The molecule has 0 aliphatic carbocycles. The summed E-state index contributed by atoms with van der Waals surface area (Å²) in [4.78, 5) is 52.9. The van der Waals surface area contributed by atoms with Crippen LogP contribution in [0.1, 0.15) is 33.6 Å². The van der Waals surface area contributed by atoms with Crippen LogP contribution in [0.15, 0.2) is 67.3 Å². The Kier molecular flexibility index (Phi) is 4.72. The van der Waals surface area contributed by atoms with Crippen molar-refractivity contribution >= 4 is 23.8 Å². The Morgan fingerprint density at radius 3 is 2.14 bits per heavy atom. The van der Waals surface area contributed by atoms with Gasteiger partial charge in [-0.2, -0.15) is 0 Å². The second-order valence-electron chi connectivity index (χ2n) is 6.79. The first-order valence-corrected chi connectivity index (χ1v) is 9.22. The summed E-state index contributed by atoms with van der Waals surface area (Å²) >= 11 is 0. The van der Waals surface area contributed by atoms with Gasteiger partial charge in [-0.25, -0.2) is 9.69 Å². The molecule has 2 heterocycles. The van der Waals surface area contributed by atoms with Crippen LogP contribution in [-0.2, 0) is 4.79 Å². The van der Waals surface area contributed by atoms with E-state index in [2.05, 4.69) is 6.58 Å². The highest BCUT2D eigenvalue weighted by atomic mass is 16.6. The Labute approximate surface area is 167 Å². The number of fused-ring (bicyclic) bond motifs is 1. The SMILES string of the molecule is C=CCC[C@@H]1C(N2C(=O)c3ccccc3C2=O)C(=O)N1C(=O)Oc1ccccc1. The summed E-state index contributed by atoms with van der Waals surface area (Å²) < 4.78 is 5.28. The van der Waals surface area contributed by atoms with Gasteiger partial charge in [0.2, 0.25) is 0 Å². The number of allylic oxidation sites excluding steroid dienone is 1. The monoisotopic (exact) mass is 390 g/mol. The summed E-state index contributed by atoms with van der Waals surface area (Å²) in [5.41, 5.74) is 0.524. The van der Waals surface area contributed by atoms with E-state index < -0.39 is 35.9 Å². The van der Waals surface area contributed by atoms with Crippen molar-refractivity contribution in [3.05, 3.63) is 78.4 Å². The molecular formula is C22H18N2O5. The first-order chi connectivity index (χ1) is 14.0. The van der Waals surface area contributed by atoms with Gasteiger partial charge < -0.3 is 4.74 Å². The van der Waals surface area contributed by atoms with Crippen LogP contribution in [-0.4, -0.2) is 45.7 Å². The fraction of sp³-hybridized carbons (Fsp3) is 0.182. The molecule has 146 valence electrons. The van der Waals surface area contributed by atoms with Crippen molar-refractivity contribution < 1.29 is 23.9 Å². The molecule has 4 amide bonds. The second kappa shape index (κ2) is 7.35. The van der Waals surface area contributed by atoms with Gasteiger partial charge in [-0.15, -0.1) is 6.58 Å². The number of benzene rings is 2. The van der Waals surface area contributed by atoms with Gasteiger partial charge in [-0.05, 0) is 37.1 Å². The third kappa shape index (κ3) is 3.00. The molecule has 2 aromatic rings. The highest BCUT2D eigenvalue weighted by molar-refractivity contribution is 6.24. The number of carbonyl (C=O) groups is 4. The lowest BCUT2D eigenvalue weighted by Crippen LogP contribution is -2.73. The molecule has 1 unspecified atom stereocenters. The summed E-state index contributed by atoms with van der Waals surface area (Å²) in [6.07, 6.45) is 1.70. The molecule has 7 nitrogen and oxygen atoms in total. The lowest BCUT2D eigenvalue weighted by molar-refractivity contribution is -0.151. The first-order valence-electron chi connectivity index (χ1n) is 9.22. The molecule has 29 heavy (non-hydrogen) atoms. The number of ether oxygens (including phenoxy) is 1. The van der Waals surface area contributed by atoms with E-state index in [4.69, 9.17) is 4.74 Å². The molecule has 4 rings (SSSR count). The van der Waals surface area contributed by atoms with Gasteiger partial charge >= 0.3 is 6.09 Å². The molecule has 0 N–H and O–H groups in total. The van der Waals surface area contributed by atoms with Crippen molar-refractivity contribution in [1.82, 2.24) is 9.80 Å². The predicted octanol–water partition coefficient (Wildman–Crippen LogP) is 3.03. The minimum atomic E-state index is -1.04. The summed E-state index contributed by atoms with van der Waals surface area (Å²) in [5, 5.41) is 0. The van der Waals surface area contributed by atoms with Crippen LogP contribution in [0.3, 0.4) is 0 Å². The van der Waals surface area contributed by atoms with Gasteiger partial charge in [0, 0.05) is 0 Å².